The van der Waals surface area contributed by atoms with E-state index in [0.29, 0.717) is 11.0 Å². The van der Waals surface area contributed by atoms with Crippen LogP contribution in [0.2, 0.25) is 5.15 Å². The highest BCUT2D eigenvalue weighted by Gasteiger charge is 2.12. The molecule has 29 heavy (non-hydrogen) atoms. The normalized spacial score (nSPS) is 11.5. The molecule has 5 nitrogen and oxygen atoms in total. The van der Waals surface area contributed by atoms with Crippen LogP contribution in [0, 0.1) is 0 Å². The summed E-state index contributed by atoms with van der Waals surface area (Å²) in [5.41, 5.74) is 6.82. The second kappa shape index (κ2) is 7.58. The summed E-state index contributed by atoms with van der Waals surface area (Å²) in [4.78, 5) is 14.1. The third kappa shape index (κ3) is 3.44. The fraction of sp³-hybridized carbons (Fsp3) is 0. The van der Waals surface area contributed by atoms with E-state index in [1.54, 1.807) is 17.6 Å². The first-order valence-electron chi connectivity index (χ1n) is 8.91. The van der Waals surface area contributed by atoms with E-state index in [1.165, 1.54) is 6.33 Å². The van der Waals surface area contributed by atoms with E-state index >= 15 is 0 Å². The van der Waals surface area contributed by atoms with Crippen molar-refractivity contribution in [2.45, 2.75) is 0 Å². The van der Waals surface area contributed by atoms with Gasteiger partial charge in [-0.25, -0.2) is 15.0 Å². The van der Waals surface area contributed by atoms with Gasteiger partial charge in [0.05, 0.1) is 17.1 Å². The van der Waals surface area contributed by atoms with Gasteiger partial charge in [-0.1, -0.05) is 60.1 Å². The maximum atomic E-state index is 6.31. The number of aromatic nitrogens is 3. The van der Waals surface area contributed by atoms with Crippen LogP contribution < -0.4 is 5.43 Å². The third-order valence-electron chi connectivity index (χ3n) is 4.53. The summed E-state index contributed by atoms with van der Waals surface area (Å²) in [6.07, 6.45) is 3.19. The van der Waals surface area contributed by atoms with Gasteiger partial charge in [0.1, 0.15) is 16.3 Å². The molecule has 0 atom stereocenters. The summed E-state index contributed by atoms with van der Waals surface area (Å²) in [7, 11) is 0. The molecule has 0 radical (unpaired) electrons. The first-order chi connectivity index (χ1) is 14.3. The average molecular weight is 416 g/mol. The third-order valence-corrected chi connectivity index (χ3v) is 5.72. The first-order valence-corrected chi connectivity index (χ1v) is 10.2. The molecule has 5 aromatic rings. The minimum Gasteiger partial charge on any atom is -0.261 e. The van der Waals surface area contributed by atoms with Gasteiger partial charge in [0, 0.05) is 21.9 Å². The van der Waals surface area contributed by atoms with Crippen molar-refractivity contribution in [1.82, 2.24) is 15.0 Å². The van der Waals surface area contributed by atoms with Gasteiger partial charge < -0.3 is 0 Å². The average Bonchev–Trinajstić information content (AvgIpc) is 3.20. The molecule has 3 heterocycles. The molecule has 5 rings (SSSR count). The topological polar surface area (TPSA) is 63.1 Å². The van der Waals surface area contributed by atoms with Crippen LogP contribution in [-0.2, 0) is 0 Å². The highest BCUT2D eigenvalue weighted by molar-refractivity contribution is 7.17. The van der Waals surface area contributed by atoms with Gasteiger partial charge in [0.15, 0.2) is 5.82 Å². The Morgan fingerprint density at radius 2 is 1.83 bits per heavy atom. The molecule has 0 saturated heterocycles. The fourth-order valence-corrected chi connectivity index (χ4v) is 4.26. The number of nitrogens with zero attached hydrogens (tertiary/aromatic N) is 4. The summed E-state index contributed by atoms with van der Waals surface area (Å²) in [6.45, 7) is 0. The van der Waals surface area contributed by atoms with Crippen molar-refractivity contribution in [3.8, 4) is 11.1 Å². The van der Waals surface area contributed by atoms with Crippen molar-refractivity contribution in [1.29, 1.82) is 0 Å². The first kappa shape index (κ1) is 17.7. The molecule has 7 heteroatoms. The smallest absolute Gasteiger partial charge is 0.159 e. The summed E-state index contributed by atoms with van der Waals surface area (Å²) in [5.74, 6) is 0.649. The van der Waals surface area contributed by atoms with Crippen LogP contribution in [-0.4, -0.2) is 21.2 Å². The molecule has 140 valence electrons. The van der Waals surface area contributed by atoms with Crippen LogP contribution in [0.15, 0.2) is 77.5 Å². The Labute approximate surface area is 175 Å². The molecule has 0 fully saturated rings. The maximum Gasteiger partial charge on any atom is 0.159 e. The van der Waals surface area contributed by atoms with Crippen LogP contribution in [0.25, 0.3) is 32.2 Å². The lowest BCUT2D eigenvalue weighted by molar-refractivity contribution is 1.19. The molecule has 0 amide bonds. The number of para-hydroxylation sites is 1. The zero-order valence-electron chi connectivity index (χ0n) is 15.1. The standard InChI is InChI=1S/C22H14ClN5S/c23-20-16(10-15-8-4-5-9-18(15)27-20)11-26-28-21-19-17(14-6-2-1-3-7-14)12-29-22(19)25-13-24-21/h1-13H,(H,24,25,28)/b26-11+. The number of hydrogen-bond acceptors (Lipinski definition) is 6. The number of hydrogen-bond donors (Lipinski definition) is 1. The molecule has 0 saturated carbocycles. The second-order valence-electron chi connectivity index (χ2n) is 6.35. The van der Waals surface area contributed by atoms with Crippen molar-refractivity contribution < 1.29 is 0 Å². The summed E-state index contributed by atoms with van der Waals surface area (Å²) in [6, 6.07) is 20.0. The van der Waals surface area contributed by atoms with Crippen LogP contribution >= 0.6 is 22.9 Å². The van der Waals surface area contributed by atoms with E-state index in [-0.39, 0.29) is 0 Å². The number of anilines is 1. The van der Waals surface area contributed by atoms with Gasteiger partial charge >= 0.3 is 0 Å². The van der Waals surface area contributed by atoms with E-state index in [0.717, 1.165) is 37.8 Å². The Hall–Kier alpha value is -3.35. The summed E-state index contributed by atoms with van der Waals surface area (Å²) >= 11 is 7.90. The van der Waals surface area contributed by atoms with Crippen LogP contribution in [0.4, 0.5) is 5.82 Å². The molecule has 3 aromatic heterocycles. The monoisotopic (exact) mass is 415 g/mol. The number of nitrogens with one attached hydrogen (secondary N) is 1. The van der Waals surface area contributed by atoms with Crippen molar-refractivity contribution in [2.75, 3.05) is 5.43 Å². The van der Waals surface area contributed by atoms with Crippen molar-refractivity contribution in [2.24, 2.45) is 5.10 Å². The van der Waals surface area contributed by atoms with E-state index in [1.807, 2.05) is 48.5 Å². The van der Waals surface area contributed by atoms with Gasteiger partial charge in [0.25, 0.3) is 0 Å². The van der Waals surface area contributed by atoms with Gasteiger partial charge in [0.2, 0.25) is 0 Å². The molecule has 0 bridgehead atoms. The molecule has 0 spiro atoms. The number of hydrazone groups is 1. The van der Waals surface area contributed by atoms with Crippen molar-refractivity contribution >= 4 is 56.1 Å². The SMILES string of the molecule is Clc1nc2ccccc2cc1/C=N/Nc1ncnc2scc(-c3ccccc3)c12. The number of halogens is 1. The Bertz CT molecular complexity index is 1350. The molecule has 0 aliphatic heterocycles. The molecule has 1 N–H and O–H groups in total. The molecule has 0 aliphatic rings. The zero-order chi connectivity index (χ0) is 19.6. The van der Waals surface area contributed by atoms with Gasteiger partial charge in [-0.3, -0.25) is 5.43 Å². The molecule has 0 unspecified atom stereocenters. The summed E-state index contributed by atoms with van der Waals surface area (Å²) < 4.78 is 0. The second-order valence-corrected chi connectivity index (χ2v) is 7.57. The number of fused-ring (bicyclic) bond motifs is 2. The molecular weight excluding hydrogens is 402 g/mol. The van der Waals surface area contributed by atoms with E-state index in [2.05, 4.69) is 43.0 Å². The van der Waals surface area contributed by atoms with Gasteiger partial charge in [-0.15, -0.1) is 11.3 Å². The molecular formula is C22H14ClN5S. The van der Waals surface area contributed by atoms with Crippen molar-refractivity contribution in [3.05, 3.63) is 83.1 Å². The predicted octanol–water partition coefficient (Wildman–Crippen LogP) is 6.01. The lowest BCUT2D eigenvalue weighted by atomic mass is 10.1. The fourth-order valence-electron chi connectivity index (χ4n) is 3.15. The number of benzene rings is 2. The van der Waals surface area contributed by atoms with E-state index < -0.39 is 0 Å². The summed E-state index contributed by atoms with van der Waals surface area (Å²) in [5, 5.41) is 8.81. The minimum atomic E-state index is 0.405. The number of rotatable bonds is 4. The Morgan fingerprint density at radius 3 is 2.72 bits per heavy atom. The van der Waals surface area contributed by atoms with Crippen LogP contribution in [0.5, 0.6) is 0 Å². The minimum absolute atomic E-state index is 0.405. The highest BCUT2D eigenvalue weighted by Crippen LogP contribution is 2.36. The Morgan fingerprint density at radius 1 is 1.00 bits per heavy atom. The number of pyridine rings is 1. The Balaban J connectivity index is 1.50. The molecule has 2 aromatic carbocycles. The van der Waals surface area contributed by atoms with E-state index in [9.17, 15) is 0 Å². The number of thiophene rings is 1. The maximum absolute atomic E-state index is 6.31. The molecule has 0 aliphatic carbocycles. The Kier molecular flexibility index (Phi) is 4.63. The van der Waals surface area contributed by atoms with Crippen LogP contribution in [0.1, 0.15) is 5.56 Å². The van der Waals surface area contributed by atoms with E-state index in [4.69, 9.17) is 11.6 Å². The van der Waals surface area contributed by atoms with Gasteiger partial charge in [-0.05, 0) is 17.7 Å². The highest BCUT2D eigenvalue weighted by atomic mass is 35.5. The van der Waals surface area contributed by atoms with Crippen LogP contribution in [0.3, 0.4) is 0 Å². The lowest BCUT2D eigenvalue weighted by Gasteiger charge is -2.05. The van der Waals surface area contributed by atoms with Crippen molar-refractivity contribution in [3.63, 3.8) is 0 Å². The quantitative estimate of drug-likeness (QED) is 0.222. The lowest BCUT2D eigenvalue weighted by Crippen LogP contribution is -1.96. The van der Waals surface area contributed by atoms with Gasteiger partial charge in [-0.2, -0.15) is 5.10 Å². The zero-order valence-corrected chi connectivity index (χ0v) is 16.7. The predicted molar refractivity (Wildman–Crippen MR) is 121 cm³/mol. The largest absolute Gasteiger partial charge is 0.261 e.